The van der Waals surface area contributed by atoms with Crippen molar-refractivity contribution in [3.63, 3.8) is 0 Å². The van der Waals surface area contributed by atoms with E-state index in [1.807, 2.05) is 7.05 Å². The fourth-order valence-electron chi connectivity index (χ4n) is 3.73. The lowest BCUT2D eigenvalue weighted by Crippen LogP contribution is -2.55. The van der Waals surface area contributed by atoms with Gasteiger partial charge in [0, 0.05) is 79.5 Å². The highest BCUT2D eigenvalue weighted by Gasteiger charge is 2.33. The summed E-state index contributed by atoms with van der Waals surface area (Å²) in [5.74, 6) is 0.979. The van der Waals surface area contributed by atoms with Crippen LogP contribution < -0.4 is 5.32 Å². The summed E-state index contributed by atoms with van der Waals surface area (Å²) in [7, 11) is 3.67. The number of aliphatic imine (C=N–C) groups is 1. The molecule has 0 radical (unpaired) electrons. The number of nitrogens with zero attached hydrogens (tertiary/aromatic N) is 3. The van der Waals surface area contributed by atoms with Gasteiger partial charge in [-0.05, 0) is 5.56 Å². The topological polar surface area (TPSA) is 49.3 Å². The van der Waals surface area contributed by atoms with Crippen LogP contribution in [0.3, 0.4) is 0 Å². The summed E-state index contributed by atoms with van der Waals surface area (Å²) in [6, 6.07) is 10.7. The number of guanidine groups is 1. The summed E-state index contributed by atoms with van der Waals surface area (Å²) < 4.78 is 11.3. The van der Waals surface area contributed by atoms with Gasteiger partial charge in [0.15, 0.2) is 5.96 Å². The molecule has 1 N–H and O–H groups in total. The van der Waals surface area contributed by atoms with Crippen LogP contribution in [0.5, 0.6) is 0 Å². The first-order valence-electron chi connectivity index (χ1n) is 9.59. The molecule has 0 saturated carbocycles. The Morgan fingerprint density at radius 3 is 2.46 bits per heavy atom. The molecule has 2 saturated heterocycles. The van der Waals surface area contributed by atoms with E-state index >= 15 is 0 Å². The quantitative estimate of drug-likeness (QED) is 0.638. The number of hydrogen-bond donors (Lipinski definition) is 1. The first kappa shape index (κ1) is 19.1. The molecule has 0 atom stereocenters. The van der Waals surface area contributed by atoms with Crippen LogP contribution in [0.4, 0.5) is 0 Å². The highest BCUT2D eigenvalue weighted by atomic mass is 16.5. The maximum Gasteiger partial charge on any atom is 0.193 e. The Balaban J connectivity index is 1.47. The molecule has 2 fully saturated rings. The summed E-state index contributed by atoms with van der Waals surface area (Å²) in [6.45, 7) is 7.44. The van der Waals surface area contributed by atoms with E-state index in [2.05, 4.69) is 50.4 Å². The Bertz CT molecular complexity index is 564. The van der Waals surface area contributed by atoms with Crippen molar-refractivity contribution in [2.45, 2.75) is 25.0 Å². The molecule has 26 heavy (non-hydrogen) atoms. The average Bonchev–Trinajstić information content (AvgIpc) is 2.71. The molecule has 3 rings (SSSR count). The maximum absolute atomic E-state index is 5.82. The number of rotatable bonds is 5. The van der Waals surface area contributed by atoms with Crippen LogP contribution in [0.1, 0.15) is 18.4 Å². The predicted octanol–water partition coefficient (Wildman–Crippen LogP) is 1.58. The first-order valence-corrected chi connectivity index (χ1v) is 9.59. The second-order valence-corrected chi connectivity index (χ2v) is 7.15. The number of piperazine rings is 1. The molecule has 6 heteroatoms. The summed E-state index contributed by atoms with van der Waals surface area (Å²) in [4.78, 5) is 9.36. The lowest BCUT2D eigenvalue weighted by Gasteiger charge is -2.39. The highest BCUT2D eigenvalue weighted by molar-refractivity contribution is 5.80. The standard InChI is InChI=1S/C20H32N4O2/c1-21-19(22-17-20(25-2)8-14-26-15-9-20)24-12-10-23(11-13-24)16-18-6-4-3-5-7-18/h3-7H,8-17H2,1-2H3,(H,21,22). The Morgan fingerprint density at radius 2 is 1.85 bits per heavy atom. The smallest absolute Gasteiger partial charge is 0.193 e. The molecule has 2 aliphatic heterocycles. The van der Waals surface area contributed by atoms with Crippen molar-refractivity contribution < 1.29 is 9.47 Å². The first-order chi connectivity index (χ1) is 12.7. The maximum atomic E-state index is 5.82. The molecule has 0 aliphatic carbocycles. The van der Waals surface area contributed by atoms with Gasteiger partial charge in [0.1, 0.15) is 0 Å². The average molecular weight is 361 g/mol. The van der Waals surface area contributed by atoms with E-state index in [4.69, 9.17) is 9.47 Å². The molecule has 1 aromatic carbocycles. The molecular formula is C20H32N4O2. The van der Waals surface area contributed by atoms with Gasteiger partial charge in [-0.2, -0.15) is 0 Å². The Morgan fingerprint density at radius 1 is 1.15 bits per heavy atom. The van der Waals surface area contributed by atoms with Gasteiger partial charge in [0.25, 0.3) is 0 Å². The minimum atomic E-state index is -0.136. The number of benzene rings is 1. The molecule has 0 unspecified atom stereocenters. The van der Waals surface area contributed by atoms with Crippen molar-refractivity contribution in [3.05, 3.63) is 35.9 Å². The van der Waals surface area contributed by atoms with E-state index in [1.54, 1.807) is 7.11 Å². The van der Waals surface area contributed by atoms with Gasteiger partial charge < -0.3 is 19.7 Å². The van der Waals surface area contributed by atoms with Gasteiger partial charge in [0.05, 0.1) is 5.60 Å². The van der Waals surface area contributed by atoms with Crippen LogP contribution in [-0.4, -0.2) is 81.5 Å². The van der Waals surface area contributed by atoms with Crippen molar-refractivity contribution in [2.75, 3.05) is 60.1 Å². The Hall–Kier alpha value is -1.63. The van der Waals surface area contributed by atoms with Gasteiger partial charge in [-0.25, -0.2) is 0 Å². The lowest BCUT2D eigenvalue weighted by atomic mass is 9.94. The summed E-state index contributed by atoms with van der Waals surface area (Å²) >= 11 is 0. The fraction of sp³-hybridized carbons (Fsp3) is 0.650. The molecule has 0 spiro atoms. The minimum Gasteiger partial charge on any atom is -0.381 e. The third-order valence-corrected chi connectivity index (χ3v) is 5.54. The third kappa shape index (κ3) is 4.96. The van der Waals surface area contributed by atoms with Crippen LogP contribution in [0.15, 0.2) is 35.3 Å². The summed E-state index contributed by atoms with van der Waals surface area (Å²) in [5.41, 5.74) is 1.24. The van der Waals surface area contributed by atoms with Gasteiger partial charge in [0.2, 0.25) is 0 Å². The van der Waals surface area contributed by atoms with Crippen molar-refractivity contribution in [1.29, 1.82) is 0 Å². The summed E-state index contributed by atoms with van der Waals surface area (Å²) in [5, 5.41) is 3.54. The molecule has 2 heterocycles. The van der Waals surface area contributed by atoms with Crippen molar-refractivity contribution in [3.8, 4) is 0 Å². The van der Waals surface area contributed by atoms with Crippen LogP contribution in [-0.2, 0) is 16.0 Å². The SMILES string of the molecule is CN=C(NCC1(OC)CCOCC1)N1CCN(Cc2ccccc2)CC1. The number of methoxy groups -OCH3 is 1. The lowest BCUT2D eigenvalue weighted by molar-refractivity contribution is -0.0858. The monoisotopic (exact) mass is 360 g/mol. The molecule has 0 aromatic heterocycles. The van der Waals surface area contributed by atoms with Gasteiger partial charge in [-0.3, -0.25) is 9.89 Å². The number of nitrogens with one attached hydrogen (secondary N) is 1. The molecule has 0 amide bonds. The van der Waals surface area contributed by atoms with E-state index < -0.39 is 0 Å². The molecule has 1 aromatic rings. The van der Waals surface area contributed by atoms with Crippen LogP contribution >= 0.6 is 0 Å². The van der Waals surface area contributed by atoms with Crippen molar-refractivity contribution in [2.24, 2.45) is 4.99 Å². The number of ether oxygens (including phenoxy) is 2. The van der Waals surface area contributed by atoms with Gasteiger partial charge in [-0.15, -0.1) is 0 Å². The van der Waals surface area contributed by atoms with Gasteiger partial charge >= 0.3 is 0 Å². The minimum absolute atomic E-state index is 0.136. The zero-order chi connectivity index (χ0) is 18.2. The number of hydrogen-bond acceptors (Lipinski definition) is 4. The second-order valence-electron chi connectivity index (χ2n) is 7.15. The third-order valence-electron chi connectivity index (χ3n) is 5.54. The van der Waals surface area contributed by atoms with E-state index in [0.29, 0.717) is 0 Å². The van der Waals surface area contributed by atoms with E-state index in [-0.39, 0.29) is 5.60 Å². The van der Waals surface area contributed by atoms with Crippen LogP contribution in [0, 0.1) is 0 Å². The molecular weight excluding hydrogens is 328 g/mol. The second kappa shape index (κ2) is 9.35. The summed E-state index contributed by atoms with van der Waals surface area (Å²) in [6.07, 6.45) is 1.86. The van der Waals surface area contributed by atoms with E-state index in [1.165, 1.54) is 5.56 Å². The van der Waals surface area contributed by atoms with Crippen molar-refractivity contribution >= 4 is 5.96 Å². The van der Waals surface area contributed by atoms with E-state index in [0.717, 1.165) is 71.3 Å². The predicted molar refractivity (Wildman–Crippen MR) is 104 cm³/mol. The Labute approximate surface area is 157 Å². The molecule has 6 nitrogen and oxygen atoms in total. The van der Waals surface area contributed by atoms with Gasteiger partial charge in [-0.1, -0.05) is 30.3 Å². The fourth-order valence-corrected chi connectivity index (χ4v) is 3.73. The zero-order valence-electron chi connectivity index (χ0n) is 16.1. The van der Waals surface area contributed by atoms with Crippen molar-refractivity contribution in [1.82, 2.24) is 15.1 Å². The van der Waals surface area contributed by atoms with E-state index in [9.17, 15) is 0 Å². The molecule has 2 aliphatic rings. The molecule has 144 valence electrons. The zero-order valence-corrected chi connectivity index (χ0v) is 16.1. The highest BCUT2D eigenvalue weighted by Crippen LogP contribution is 2.23. The van der Waals surface area contributed by atoms with Crippen LogP contribution in [0.2, 0.25) is 0 Å². The normalized spacial score (nSPS) is 21.6. The Kier molecular flexibility index (Phi) is 6.88. The largest absolute Gasteiger partial charge is 0.381 e. The molecule has 0 bridgehead atoms. The van der Waals surface area contributed by atoms with Crippen LogP contribution in [0.25, 0.3) is 0 Å².